The fraction of sp³-hybridized carbons (Fsp3) is 0.923. The summed E-state index contributed by atoms with van der Waals surface area (Å²) in [6, 6.07) is -0.236. The van der Waals surface area contributed by atoms with E-state index in [0.717, 1.165) is 13.0 Å². The lowest BCUT2D eigenvalue weighted by Gasteiger charge is -2.30. The van der Waals surface area contributed by atoms with E-state index in [4.69, 9.17) is 4.74 Å². The highest BCUT2D eigenvalue weighted by Gasteiger charge is 2.31. The first-order chi connectivity index (χ1) is 7.08. The molecule has 1 N–H and O–H groups in total. The second-order valence-corrected chi connectivity index (χ2v) is 6.59. The number of carbonyl (C=O) groups excluding carboxylic acids is 1. The fourth-order valence-electron chi connectivity index (χ4n) is 1.45. The van der Waals surface area contributed by atoms with Gasteiger partial charge < -0.3 is 10.1 Å². The Bertz CT molecular complexity index is 223. The quantitative estimate of drug-likeness (QED) is 0.753. The molecule has 0 heterocycles. The van der Waals surface area contributed by atoms with E-state index in [9.17, 15) is 4.79 Å². The lowest BCUT2D eigenvalue weighted by Crippen LogP contribution is -2.47. The summed E-state index contributed by atoms with van der Waals surface area (Å²) in [5, 5.41) is 3.29. The van der Waals surface area contributed by atoms with Crippen LogP contribution in [0.15, 0.2) is 0 Å². The van der Waals surface area contributed by atoms with Gasteiger partial charge >= 0.3 is 5.97 Å². The van der Waals surface area contributed by atoms with Crippen LogP contribution >= 0.6 is 0 Å². The van der Waals surface area contributed by atoms with E-state index < -0.39 is 0 Å². The lowest BCUT2D eigenvalue weighted by molar-refractivity contribution is -0.146. The van der Waals surface area contributed by atoms with Crippen molar-refractivity contribution in [2.24, 2.45) is 10.8 Å². The summed E-state index contributed by atoms with van der Waals surface area (Å²) in [5.41, 5.74) is 0.163. The van der Waals surface area contributed by atoms with E-state index in [-0.39, 0.29) is 22.8 Å². The van der Waals surface area contributed by atoms with Crippen LogP contribution in [-0.2, 0) is 9.53 Å². The number of ether oxygens (including phenoxy) is 1. The maximum Gasteiger partial charge on any atom is 0.323 e. The van der Waals surface area contributed by atoms with Crippen LogP contribution < -0.4 is 5.32 Å². The minimum absolute atomic E-state index is 0.120. The first-order valence-corrected chi connectivity index (χ1v) is 5.89. The Hall–Kier alpha value is -0.570. The van der Waals surface area contributed by atoms with E-state index >= 15 is 0 Å². The largest absolute Gasteiger partial charge is 0.468 e. The maximum atomic E-state index is 11.6. The fourth-order valence-corrected chi connectivity index (χ4v) is 1.45. The molecular formula is C13H27NO2. The minimum atomic E-state index is -0.236. The molecule has 0 bridgehead atoms. The van der Waals surface area contributed by atoms with Crippen LogP contribution in [0.2, 0.25) is 0 Å². The van der Waals surface area contributed by atoms with Crippen LogP contribution in [0.25, 0.3) is 0 Å². The molecule has 0 fully saturated rings. The van der Waals surface area contributed by atoms with Crippen molar-refractivity contribution in [3.63, 3.8) is 0 Å². The lowest BCUT2D eigenvalue weighted by atomic mass is 9.86. The highest BCUT2D eigenvalue weighted by Crippen LogP contribution is 2.22. The van der Waals surface area contributed by atoms with Gasteiger partial charge in [0, 0.05) is 0 Å². The Labute approximate surface area is 99.9 Å². The summed E-state index contributed by atoms with van der Waals surface area (Å²) < 4.78 is 4.82. The molecule has 96 valence electrons. The highest BCUT2D eigenvalue weighted by molar-refractivity contribution is 5.76. The minimum Gasteiger partial charge on any atom is -0.468 e. The zero-order valence-electron chi connectivity index (χ0n) is 11.8. The molecule has 0 aliphatic carbocycles. The van der Waals surface area contributed by atoms with Gasteiger partial charge in [0.15, 0.2) is 0 Å². The van der Waals surface area contributed by atoms with E-state index in [1.165, 1.54) is 7.11 Å². The van der Waals surface area contributed by atoms with Crippen molar-refractivity contribution in [3.8, 4) is 0 Å². The molecule has 0 aliphatic rings. The van der Waals surface area contributed by atoms with Gasteiger partial charge in [-0.25, -0.2) is 0 Å². The number of nitrogens with one attached hydrogen (secondary N) is 1. The van der Waals surface area contributed by atoms with Crippen LogP contribution in [-0.4, -0.2) is 25.7 Å². The van der Waals surface area contributed by atoms with Crippen LogP contribution in [0.3, 0.4) is 0 Å². The van der Waals surface area contributed by atoms with Gasteiger partial charge in [-0.15, -0.1) is 0 Å². The molecule has 0 radical (unpaired) electrons. The molecule has 0 aliphatic heterocycles. The first kappa shape index (κ1) is 15.4. The van der Waals surface area contributed by atoms with Gasteiger partial charge in [0.1, 0.15) is 6.04 Å². The molecule has 0 saturated heterocycles. The first-order valence-electron chi connectivity index (χ1n) is 5.89. The second kappa shape index (κ2) is 5.67. The molecule has 0 aromatic carbocycles. The molecule has 0 amide bonds. The predicted molar refractivity (Wildman–Crippen MR) is 67.3 cm³/mol. The van der Waals surface area contributed by atoms with Crippen molar-refractivity contribution >= 4 is 5.97 Å². The number of methoxy groups -OCH3 is 1. The molecule has 0 spiro atoms. The Morgan fingerprint density at radius 2 is 1.69 bits per heavy atom. The summed E-state index contributed by atoms with van der Waals surface area (Å²) in [6.45, 7) is 13.5. The van der Waals surface area contributed by atoms with Crippen LogP contribution in [0, 0.1) is 10.8 Å². The standard InChI is InChI=1S/C13H27NO2/c1-12(2,3)8-9-14-10(11(15)16-7)13(4,5)6/h10,14H,8-9H2,1-7H3/t10-/m0/s1. The smallest absolute Gasteiger partial charge is 0.323 e. The SMILES string of the molecule is COC(=O)[C@H](NCCC(C)(C)C)C(C)(C)C. The van der Waals surface area contributed by atoms with Crippen molar-refractivity contribution in [1.29, 1.82) is 0 Å². The zero-order chi connectivity index (χ0) is 13.0. The third-order valence-corrected chi connectivity index (χ3v) is 2.53. The van der Waals surface area contributed by atoms with Gasteiger partial charge in [-0.1, -0.05) is 41.5 Å². The average Bonchev–Trinajstić information content (AvgIpc) is 2.07. The van der Waals surface area contributed by atoms with Crippen LogP contribution in [0.1, 0.15) is 48.0 Å². The molecule has 0 unspecified atom stereocenters. The summed E-state index contributed by atoms with van der Waals surface area (Å²) in [5.74, 6) is -0.179. The van der Waals surface area contributed by atoms with Gasteiger partial charge in [0.2, 0.25) is 0 Å². The van der Waals surface area contributed by atoms with Gasteiger partial charge in [-0.05, 0) is 23.8 Å². The third-order valence-electron chi connectivity index (χ3n) is 2.53. The predicted octanol–water partition coefficient (Wildman–Crippen LogP) is 2.60. The van der Waals surface area contributed by atoms with E-state index in [1.54, 1.807) is 0 Å². The molecule has 3 heteroatoms. The Morgan fingerprint density at radius 3 is 2.00 bits per heavy atom. The van der Waals surface area contributed by atoms with Crippen LogP contribution in [0.4, 0.5) is 0 Å². The number of hydrogen-bond acceptors (Lipinski definition) is 3. The molecule has 16 heavy (non-hydrogen) atoms. The highest BCUT2D eigenvalue weighted by atomic mass is 16.5. The summed E-state index contributed by atoms with van der Waals surface area (Å²) in [6.07, 6.45) is 1.04. The van der Waals surface area contributed by atoms with E-state index in [0.29, 0.717) is 0 Å². The molecule has 0 aromatic rings. The van der Waals surface area contributed by atoms with Gasteiger partial charge in [0.25, 0.3) is 0 Å². The summed E-state index contributed by atoms with van der Waals surface area (Å²) in [7, 11) is 1.44. The molecule has 1 atom stereocenters. The molecule has 0 aromatic heterocycles. The Balaban J connectivity index is 4.31. The molecular weight excluding hydrogens is 202 g/mol. The normalized spacial score (nSPS) is 14.7. The molecule has 0 rings (SSSR count). The van der Waals surface area contributed by atoms with Crippen molar-refractivity contribution in [2.45, 2.75) is 54.0 Å². The summed E-state index contributed by atoms with van der Waals surface area (Å²) >= 11 is 0. The third kappa shape index (κ3) is 6.11. The molecule has 3 nitrogen and oxygen atoms in total. The van der Waals surface area contributed by atoms with Gasteiger partial charge in [-0.2, -0.15) is 0 Å². The summed E-state index contributed by atoms with van der Waals surface area (Å²) in [4.78, 5) is 11.6. The number of rotatable bonds is 4. The zero-order valence-corrected chi connectivity index (χ0v) is 11.8. The van der Waals surface area contributed by atoms with Crippen LogP contribution in [0.5, 0.6) is 0 Å². The van der Waals surface area contributed by atoms with Crippen molar-refractivity contribution < 1.29 is 9.53 Å². The molecule has 0 saturated carbocycles. The van der Waals surface area contributed by atoms with E-state index in [2.05, 4.69) is 26.1 Å². The second-order valence-electron chi connectivity index (χ2n) is 6.59. The average molecular weight is 229 g/mol. The number of carbonyl (C=O) groups is 1. The van der Waals surface area contributed by atoms with Gasteiger partial charge in [-0.3, -0.25) is 4.79 Å². The number of esters is 1. The van der Waals surface area contributed by atoms with E-state index in [1.807, 2.05) is 20.8 Å². The van der Waals surface area contributed by atoms with Crippen molar-refractivity contribution in [1.82, 2.24) is 5.32 Å². The van der Waals surface area contributed by atoms with Crippen molar-refractivity contribution in [3.05, 3.63) is 0 Å². The number of hydrogen-bond donors (Lipinski definition) is 1. The van der Waals surface area contributed by atoms with Crippen molar-refractivity contribution in [2.75, 3.05) is 13.7 Å². The van der Waals surface area contributed by atoms with Gasteiger partial charge in [0.05, 0.1) is 7.11 Å². The monoisotopic (exact) mass is 229 g/mol. The topological polar surface area (TPSA) is 38.3 Å². The Kier molecular flexibility index (Phi) is 5.47. The Morgan fingerprint density at radius 1 is 1.19 bits per heavy atom. The maximum absolute atomic E-state index is 11.6.